The normalized spacial score (nSPS) is 11.5. The van der Waals surface area contributed by atoms with E-state index in [0.29, 0.717) is 6.41 Å². The van der Waals surface area contributed by atoms with Crippen LogP contribution in [0.5, 0.6) is 5.75 Å². The fourth-order valence-electron chi connectivity index (χ4n) is 1.85. The third-order valence-electron chi connectivity index (χ3n) is 3.23. The van der Waals surface area contributed by atoms with Gasteiger partial charge in [-0.1, -0.05) is 12.1 Å². The lowest BCUT2D eigenvalue weighted by Crippen LogP contribution is -2.37. The molecule has 5 nitrogen and oxygen atoms in total. The van der Waals surface area contributed by atoms with Crippen LogP contribution in [0.25, 0.3) is 0 Å². The Morgan fingerprint density at radius 1 is 1.21 bits per heavy atom. The zero-order valence-electron chi connectivity index (χ0n) is 12.9. The van der Waals surface area contributed by atoms with Crippen LogP contribution in [0.4, 0.5) is 14.5 Å². The highest BCUT2D eigenvalue weighted by Crippen LogP contribution is 2.21. The van der Waals surface area contributed by atoms with E-state index in [-0.39, 0.29) is 23.9 Å². The number of anilines is 1. The van der Waals surface area contributed by atoms with Gasteiger partial charge in [-0.05, 0) is 36.8 Å². The van der Waals surface area contributed by atoms with Gasteiger partial charge in [0.05, 0.1) is 5.69 Å². The first-order valence-corrected chi connectivity index (χ1v) is 7.17. The van der Waals surface area contributed by atoms with Crippen molar-refractivity contribution in [1.82, 2.24) is 5.32 Å². The van der Waals surface area contributed by atoms with Gasteiger partial charge in [0.15, 0.2) is 0 Å². The minimum Gasteiger partial charge on any atom is -0.489 e. The molecule has 0 bridgehead atoms. The van der Waals surface area contributed by atoms with Crippen LogP contribution in [-0.4, -0.2) is 18.4 Å². The van der Waals surface area contributed by atoms with Crippen molar-refractivity contribution in [1.29, 1.82) is 0 Å². The Labute approximate surface area is 137 Å². The van der Waals surface area contributed by atoms with Crippen LogP contribution in [0.15, 0.2) is 42.5 Å². The molecule has 2 N–H and O–H groups in total. The molecule has 2 aromatic carbocycles. The Hall–Kier alpha value is -2.96. The molecule has 24 heavy (non-hydrogen) atoms. The number of hydrogen-bond donors (Lipinski definition) is 2. The van der Waals surface area contributed by atoms with E-state index in [1.165, 1.54) is 31.2 Å². The number of rotatable bonds is 7. The third kappa shape index (κ3) is 4.77. The molecule has 0 heterocycles. The van der Waals surface area contributed by atoms with Crippen LogP contribution < -0.4 is 15.4 Å². The number of hydrogen-bond acceptors (Lipinski definition) is 3. The van der Waals surface area contributed by atoms with E-state index in [4.69, 9.17) is 4.74 Å². The molecular weight excluding hydrogens is 318 g/mol. The van der Waals surface area contributed by atoms with Crippen molar-refractivity contribution in [2.24, 2.45) is 0 Å². The Kier molecular flexibility index (Phi) is 5.83. The molecule has 0 radical (unpaired) electrons. The highest BCUT2D eigenvalue weighted by atomic mass is 19.1. The molecule has 0 spiro atoms. The summed E-state index contributed by atoms with van der Waals surface area (Å²) in [5.74, 6) is -1.28. The summed E-state index contributed by atoms with van der Waals surface area (Å²) in [5, 5.41) is 4.64. The number of ether oxygens (including phenoxy) is 1. The minimum absolute atomic E-state index is 0.0197. The summed E-state index contributed by atoms with van der Waals surface area (Å²) < 4.78 is 32.2. The topological polar surface area (TPSA) is 67.4 Å². The van der Waals surface area contributed by atoms with Gasteiger partial charge in [0.2, 0.25) is 12.3 Å². The maximum Gasteiger partial charge on any atom is 0.246 e. The Bertz CT molecular complexity index is 720. The molecule has 0 aromatic heterocycles. The number of halogens is 2. The second-order valence-electron chi connectivity index (χ2n) is 5.05. The van der Waals surface area contributed by atoms with Crippen LogP contribution in [0.3, 0.4) is 0 Å². The van der Waals surface area contributed by atoms with Gasteiger partial charge in [-0.3, -0.25) is 9.59 Å². The number of nitrogens with one attached hydrogen (secondary N) is 2. The summed E-state index contributed by atoms with van der Waals surface area (Å²) >= 11 is 0. The molecule has 2 rings (SSSR count). The van der Waals surface area contributed by atoms with E-state index in [2.05, 4.69) is 10.6 Å². The van der Waals surface area contributed by atoms with Gasteiger partial charge in [0.1, 0.15) is 30.0 Å². The van der Waals surface area contributed by atoms with Crippen LogP contribution in [-0.2, 0) is 16.2 Å². The summed E-state index contributed by atoms with van der Waals surface area (Å²) in [5.41, 5.74) is 0.719. The first-order chi connectivity index (χ1) is 11.5. The molecule has 0 aliphatic carbocycles. The number of carbonyl (C=O) groups is 2. The molecule has 7 heteroatoms. The largest absolute Gasteiger partial charge is 0.489 e. The van der Waals surface area contributed by atoms with Crippen LogP contribution in [0, 0.1) is 11.6 Å². The number of carbonyl (C=O) groups excluding carboxylic acids is 2. The lowest BCUT2D eigenvalue weighted by atomic mass is 10.2. The highest BCUT2D eigenvalue weighted by Gasteiger charge is 2.14. The van der Waals surface area contributed by atoms with Gasteiger partial charge in [0.25, 0.3) is 0 Å². The highest BCUT2D eigenvalue weighted by molar-refractivity contribution is 5.95. The summed E-state index contributed by atoms with van der Waals surface area (Å²) in [4.78, 5) is 22.0. The minimum atomic E-state index is -0.781. The molecule has 1 atom stereocenters. The van der Waals surface area contributed by atoms with Crippen molar-refractivity contribution in [2.45, 2.75) is 19.6 Å². The maximum atomic E-state index is 14.0. The van der Waals surface area contributed by atoms with Crippen LogP contribution in [0.1, 0.15) is 12.5 Å². The Morgan fingerprint density at radius 3 is 2.54 bits per heavy atom. The van der Waals surface area contributed by atoms with Crippen molar-refractivity contribution in [2.75, 3.05) is 5.32 Å². The maximum absolute atomic E-state index is 14.0. The van der Waals surface area contributed by atoms with E-state index >= 15 is 0 Å². The predicted molar refractivity (Wildman–Crippen MR) is 84.4 cm³/mol. The lowest BCUT2D eigenvalue weighted by molar-refractivity contribution is -0.120. The third-order valence-corrected chi connectivity index (χ3v) is 3.23. The van der Waals surface area contributed by atoms with E-state index in [0.717, 1.165) is 11.6 Å². The smallest absolute Gasteiger partial charge is 0.246 e. The fourth-order valence-corrected chi connectivity index (χ4v) is 1.85. The second-order valence-corrected chi connectivity index (χ2v) is 5.05. The van der Waals surface area contributed by atoms with E-state index in [1.807, 2.05) is 0 Å². The van der Waals surface area contributed by atoms with Gasteiger partial charge in [-0.15, -0.1) is 0 Å². The summed E-state index contributed by atoms with van der Waals surface area (Å²) in [6.45, 7) is 1.63. The number of amides is 2. The van der Waals surface area contributed by atoms with Crippen molar-refractivity contribution in [3.63, 3.8) is 0 Å². The molecule has 0 saturated carbocycles. The fraction of sp³-hybridized carbons (Fsp3) is 0.176. The molecule has 0 aliphatic heterocycles. The van der Waals surface area contributed by atoms with Gasteiger partial charge in [0, 0.05) is 6.07 Å². The molecule has 0 aliphatic rings. The Morgan fingerprint density at radius 2 is 1.92 bits per heavy atom. The van der Waals surface area contributed by atoms with Gasteiger partial charge < -0.3 is 15.4 Å². The van der Waals surface area contributed by atoms with Crippen molar-refractivity contribution in [3.05, 3.63) is 59.7 Å². The zero-order chi connectivity index (χ0) is 17.5. The Balaban J connectivity index is 1.97. The van der Waals surface area contributed by atoms with Crippen LogP contribution in [0.2, 0.25) is 0 Å². The van der Waals surface area contributed by atoms with Crippen molar-refractivity contribution in [3.8, 4) is 5.75 Å². The molecule has 2 aromatic rings. The zero-order valence-corrected chi connectivity index (χ0v) is 12.9. The molecule has 126 valence electrons. The summed E-state index contributed by atoms with van der Waals surface area (Å²) in [6.07, 6.45) is 0.396. The van der Waals surface area contributed by atoms with E-state index in [9.17, 15) is 18.4 Å². The number of benzene rings is 2. The lowest BCUT2D eigenvalue weighted by Gasteiger charge is -2.13. The molecule has 2 amide bonds. The quantitative estimate of drug-likeness (QED) is 0.765. The predicted octanol–water partition coefficient (Wildman–Crippen LogP) is 2.62. The SMILES string of the molecule is CC(NC=O)C(=O)Nc1ccc(OCc2ccc(F)cc2)cc1F. The van der Waals surface area contributed by atoms with Gasteiger partial charge in [-0.2, -0.15) is 0 Å². The average Bonchev–Trinajstić information content (AvgIpc) is 2.56. The van der Waals surface area contributed by atoms with Gasteiger partial charge >= 0.3 is 0 Å². The van der Waals surface area contributed by atoms with Crippen LogP contribution >= 0.6 is 0 Å². The molecular formula is C17H16F2N2O3. The van der Waals surface area contributed by atoms with E-state index < -0.39 is 17.8 Å². The monoisotopic (exact) mass is 334 g/mol. The average molecular weight is 334 g/mol. The summed E-state index contributed by atoms with van der Waals surface area (Å²) in [6, 6.07) is 8.98. The molecule has 0 fully saturated rings. The van der Waals surface area contributed by atoms with Gasteiger partial charge in [-0.25, -0.2) is 8.78 Å². The first kappa shape index (κ1) is 17.4. The first-order valence-electron chi connectivity index (χ1n) is 7.17. The van der Waals surface area contributed by atoms with Crippen molar-refractivity contribution < 1.29 is 23.1 Å². The molecule has 0 saturated heterocycles. The molecule has 1 unspecified atom stereocenters. The van der Waals surface area contributed by atoms with E-state index in [1.54, 1.807) is 12.1 Å². The standard InChI is InChI=1S/C17H16F2N2O3/c1-11(20-10-22)17(23)21-16-7-6-14(8-15(16)19)24-9-12-2-4-13(18)5-3-12/h2-8,10-11H,9H2,1H3,(H,20,22)(H,21,23). The second kappa shape index (κ2) is 8.05. The van der Waals surface area contributed by atoms with Crippen molar-refractivity contribution >= 4 is 18.0 Å². The summed E-state index contributed by atoms with van der Waals surface area (Å²) in [7, 11) is 0.